The van der Waals surface area contributed by atoms with Crippen LogP contribution in [-0.4, -0.2) is 61.5 Å². The number of hydrogen-bond donors (Lipinski definition) is 0. The highest BCUT2D eigenvalue weighted by atomic mass is 16.5. The summed E-state index contributed by atoms with van der Waals surface area (Å²) in [5.74, 6) is 2.00. The van der Waals surface area contributed by atoms with Crippen molar-refractivity contribution in [3.8, 4) is 11.5 Å². The fourth-order valence-corrected chi connectivity index (χ4v) is 4.53. The van der Waals surface area contributed by atoms with E-state index in [0.717, 1.165) is 62.4 Å². The Balaban J connectivity index is 1.30. The average molecular weight is 437 g/mol. The summed E-state index contributed by atoms with van der Waals surface area (Å²) >= 11 is 0. The Labute approximate surface area is 190 Å². The van der Waals surface area contributed by atoms with Crippen molar-refractivity contribution in [3.63, 3.8) is 0 Å². The Bertz CT molecular complexity index is 939. The zero-order chi connectivity index (χ0) is 22.3. The molecule has 4 rings (SSSR count). The largest absolute Gasteiger partial charge is 0.497 e. The van der Waals surface area contributed by atoms with Gasteiger partial charge < -0.3 is 19.3 Å². The Hall–Kier alpha value is -3.02. The molecule has 2 aliphatic heterocycles. The highest BCUT2D eigenvalue weighted by Gasteiger charge is 2.25. The molecule has 0 aliphatic carbocycles. The maximum Gasteiger partial charge on any atom is 0.253 e. The summed E-state index contributed by atoms with van der Waals surface area (Å²) in [5.41, 5.74) is 1.65. The number of ether oxygens (including phenoxy) is 2. The fourth-order valence-electron chi connectivity index (χ4n) is 4.53. The Morgan fingerprint density at radius 3 is 2.50 bits per heavy atom. The second-order valence-electron chi connectivity index (χ2n) is 8.71. The van der Waals surface area contributed by atoms with Gasteiger partial charge in [0.05, 0.1) is 20.1 Å². The topological polar surface area (TPSA) is 59.1 Å². The Morgan fingerprint density at radius 1 is 0.938 bits per heavy atom. The number of likely N-dealkylation sites (tertiary alicyclic amines) is 2. The predicted molar refractivity (Wildman–Crippen MR) is 123 cm³/mol. The van der Waals surface area contributed by atoms with Crippen LogP contribution >= 0.6 is 0 Å². The van der Waals surface area contributed by atoms with Gasteiger partial charge >= 0.3 is 0 Å². The van der Waals surface area contributed by atoms with Crippen LogP contribution < -0.4 is 9.47 Å². The van der Waals surface area contributed by atoms with Crippen molar-refractivity contribution < 1.29 is 19.1 Å². The molecule has 2 saturated heterocycles. The summed E-state index contributed by atoms with van der Waals surface area (Å²) in [7, 11) is 1.63. The molecule has 6 heteroatoms. The molecular formula is C26H32N2O4. The van der Waals surface area contributed by atoms with E-state index in [1.165, 1.54) is 0 Å². The quantitative estimate of drug-likeness (QED) is 0.663. The number of benzene rings is 2. The minimum atomic E-state index is 0.0833. The molecule has 0 radical (unpaired) electrons. The molecule has 0 saturated carbocycles. The van der Waals surface area contributed by atoms with Crippen molar-refractivity contribution in [1.29, 1.82) is 0 Å². The van der Waals surface area contributed by atoms with Gasteiger partial charge in [0.15, 0.2) is 0 Å². The number of hydrogen-bond acceptors (Lipinski definition) is 4. The molecule has 2 fully saturated rings. The van der Waals surface area contributed by atoms with E-state index in [9.17, 15) is 9.59 Å². The normalized spacial score (nSPS) is 18.5. The van der Waals surface area contributed by atoms with Crippen LogP contribution in [0.5, 0.6) is 11.5 Å². The molecule has 1 atom stereocenters. The van der Waals surface area contributed by atoms with E-state index in [-0.39, 0.29) is 17.7 Å². The monoisotopic (exact) mass is 436 g/mol. The molecule has 2 aromatic rings. The molecule has 2 aliphatic rings. The molecule has 32 heavy (non-hydrogen) atoms. The van der Waals surface area contributed by atoms with Crippen LogP contribution in [0.2, 0.25) is 0 Å². The standard InChI is InChI=1S/C26H32N2O4/c1-31-23-10-4-7-20(15-23)16-25(29)28-14-6-8-21(18-28)19-32-24-11-5-9-22(17-24)26(30)27-12-2-3-13-27/h4-5,7,9-11,15,17,21H,2-3,6,8,12-14,16,18-19H2,1H3/t21-/m0/s1. The molecule has 0 unspecified atom stereocenters. The van der Waals surface area contributed by atoms with Gasteiger partial charge in [0, 0.05) is 37.7 Å². The van der Waals surface area contributed by atoms with Gasteiger partial charge in [-0.05, 0) is 61.6 Å². The molecule has 2 heterocycles. The number of nitrogens with zero attached hydrogens (tertiary/aromatic N) is 2. The van der Waals surface area contributed by atoms with Crippen molar-refractivity contribution >= 4 is 11.8 Å². The summed E-state index contributed by atoms with van der Waals surface area (Å²) in [6.07, 6.45) is 4.55. The molecule has 0 bridgehead atoms. The van der Waals surface area contributed by atoms with Crippen molar-refractivity contribution in [2.24, 2.45) is 5.92 Å². The second-order valence-corrected chi connectivity index (χ2v) is 8.71. The summed E-state index contributed by atoms with van der Waals surface area (Å²) in [6, 6.07) is 15.1. The number of amides is 2. The lowest BCUT2D eigenvalue weighted by Crippen LogP contribution is -2.42. The maximum absolute atomic E-state index is 12.8. The zero-order valence-electron chi connectivity index (χ0n) is 18.8. The van der Waals surface area contributed by atoms with Crippen LogP contribution in [0, 0.1) is 5.92 Å². The van der Waals surface area contributed by atoms with E-state index >= 15 is 0 Å². The van der Waals surface area contributed by atoms with E-state index in [4.69, 9.17) is 9.47 Å². The Morgan fingerprint density at radius 2 is 1.69 bits per heavy atom. The van der Waals surface area contributed by atoms with Gasteiger partial charge in [0.25, 0.3) is 5.91 Å². The third-order valence-corrected chi connectivity index (χ3v) is 6.32. The molecule has 0 N–H and O–H groups in total. The number of piperidine rings is 1. The van der Waals surface area contributed by atoms with E-state index in [1.54, 1.807) is 7.11 Å². The van der Waals surface area contributed by atoms with Crippen molar-refractivity contribution in [1.82, 2.24) is 9.80 Å². The van der Waals surface area contributed by atoms with Gasteiger partial charge in [-0.3, -0.25) is 9.59 Å². The van der Waals surface area contributed by atoms with E-state index in [0.29, 0.717) is 25.1 Å². The van der Waals surface area contributed by atoms with Gasteiger partial charge in [-0.25, -0.2) is 0 Å². The zero-order valence-corrected chi connectivity index (χ0v) is 18.8. The maximum atomic E-state index is 12.8. The van der Waals surface area contributed by atoms with Crippen molar-refractivity contribution in [2.75, 3.05) is 39.9 Å². The first kappa shape index (κ1) is 22.2. The molecule has 2 aromatic carbocycles. The van der Waals surface area contributed by atoms with E-state index in [2.05, 4.69) is 0 Å². The third kappa shape index (κ3) is 5.61. The molecular weight excluding hydrogens is 404 g/mol. The van der Waals surface area contributed by atoms with Crippen molar-refractivity contribution in [3.05, 3.63) is 59.7 Å². The molecule has 0 spiro atoms. The van der Waals surface area contributed by atoms with Gasteiger partial charge in [0.1, 0.15) is 11.5 Å². The van der Waals surface area contributed by atoms with Gasteiger partial charge in [0.2, 0.25) is 5.91 Å². The lowest BCUT2D eigenvalue weighted by atomic mass is 9.98. The number of rotatable bonds is 7. The van der Waals surface area contributed by atoms with Crippen LogP contribution in [0.3, 0.4) is 0 Å². The van der Waals surface area contributed by atoms with Gasteiger partial charge in [-0.15, -0.1) is 0 Å². The second kappa shape index (κ2) is 10.5. The lowest BCUT2D eigenvalue weighted by molar-refractivity contribution is -0.132. The van der Waals surface area contributed by atoms with E-state index in [1.807, 2.05) is 58.3 Å². The minimum Gasteiger partial charge on any atom is -0.497 e. The summed E-state index contributed by atoms with van der Waals surface area (Å²) < 4.78 is 11.3. The van der Waals surface area contributed by atoms with Crippen LogP contribution in [-0.2, 0) is 11.2 Å². The SMILES string of the molecule is COc1cccc(CC(=O)N2CCC[C@H](COc3cccc(C(=O)N4CCCC4)c3)C2)c1. The number of methoxy groups -OCH3 is 1. The number of carbonyl (C=O) groups excluding carboxylic acids is 2. The highest BCUT2D eigenvalue weighted by Crippen LogP contribution is 2.22. The fraction of sp³-hybridized carbons (Fsp3) is 0.462. The van der Waals surface area contributed by atoms with Gasteiger partial charge in [-0.1, -0.05) is 18.2 Å². The van der Waals surface area contributed by atoms with Crippen LogP contribution in [0.15, 0.2) is 48.5 Å². The third-order valence-electron chi connectivity index (χ3n) is 6.32. The number of carbonyl (C=O) groups is 2. The molecule has 0 aromatic heterocycles. The van der Waals surface area contributed by atoms with Crippen LogP contribution in [0.25, 0.3) is 0 Å². The molecule has 170 valence electrons. The Kier molecular flexibility index (Phi) is 7.30. The van der Waals surface area contributed by atoms with E-state index < -0.39 is 0 Å². The first-order chi connectivity index (χ1) is 15.6. The average Bonchev–Trinajstić information content (AvgIpc) is 3.38. The van der Waals surface area contributed by atoms with Crippen molar-refractivity contribution in [2.45, 2.75) is 32.1 Å². The van der Waals surface area contributed by atoms with Crippen LogP contribution in [0.1, 0.15) is 41.6 Å². The first-order valence-electron chi connectivity index (χ1n) is 11.6. The summed E-state index contributed by atoms with van der Waals surface area (Å²) in [4.78, 5) is 29.3. The minimum absolute atomic E-state index is 0.0833. The molecule has 6 nitrogen and oxygen atoms in total. The summed E-state index contributed by atoms with van der Waals surface area (Å²) in [6.45, 7) is 3.72. The first-order valence-corrected chi connectivity index (χ1v) is 11.6. The van der Waals surface area contributed by atoms with Crippen LogP contribution in [0.4, 0.5) is 0 Å². The predicted octanol–water partition coefficient (Wildman–Crippen LogP) is 3.79. The molecule has 2 amide bonds. The highest BCUT2D eigenvalue weighted by molar-refractivity contribution is 5.94. The van der Waals surface area contributed by atoms with Gasteiger partial charge in [-0.2, -0.15) is 0 Å². The smallest absolute Gasteiger partial charge is 0.253 e. The summed E-state index contributed by atoms with van der Waals surface area (Å²) in [5, 5.41) is 0. The lowest BCUT2D eigenvalue weighted by Gasteiger charge is -2.32.